The van der Waals surface area contributed by atoms with Crippen molar-refractivity contribution in [3.63, 3.8) is 0 Å². The van der Waals surface area contributed by atoms with Crippen molar-refractivity contribution in [1.29, 1.82) is 0 Å². The third-order valence-corrected chi connectivity index (χ3v) is 3.17. The summed E-state index contributed by atoms with van der Waals surface area (Å²) < 4.78 is 0. The van der Waals surface area contributed by atoms with E-state index < -0.39 is 0 Å². The molecule has 14 heavy (non-hydrogen) atoms. The summed E-state index contributed by atoms with van der Waals surface area (Å²) in [4.78, 5) is 26.5. The standard InChI is InChI=1S/C10H16N2O2/c1-8(11-4-2-9(13)6-11)12-5-3-10(14)7-12/h8H,2-7H2,1H3. The Morgan fingerprint density at radius 1 is 1.00 bits per heavy atom. The Morgan fingerprint density at radius 2 is 1.43 bits per heavy atom. The van der Waals surface area contributed by atoms with Crippen molar-refractivity contribution in [3.05, 3.63) is 0 Å². The highest BCUT2D eigenvalue weighted by molar-refractivity contribution is 5.83. The van der Waals surface area contributed by atoms with E-state index in [-0.39, 0.29) is 6.17 Å². The predicted molar refractivity (Wildman–Crippen MR) is 51.9 cm³/mol. The van der Waals surface area contributed by atoms with Crippen molar-refractivity contribution in [1.82, 2.24) is 9.80 Å². The van der Waals surface area contributed by atoms with Gasteiger partial charge in [-0.3, -0.25) is 19.4 Å². The monoisotopic (exact) mass is 196 g/mol. The van der Waals surface area contributed by atoms with Gasteiger partial charge in [0.05, 0.1) is 19.3 Å². The summed E-state index contributed by atoms with van der Waals surface area (Å²) in [5, 5.41) is 0. The second-order valence-electron chi connectivity index (χ2n) is 4.15. The number of Topliss-reactive ketones (excluding diaryl/α,β-unsaturated/α-hetero) is 2. The fraction of sp³-hybridized carbons (Fsp3) is 0.800. The first kappa shape index (κ1) is 9.80. The molecule has 0 saturated carbocycles. The van der Waals surface area contributed by atoms with Crippen molar-refractivity contribution in [3.8, 4) is 0 Å². The van der Waals surface area contributed by atoms with Gasteiger partial charge >= 0.3 is 0 Å². The normalized spacial score (nSPS) is 25.6. The molecule has 0 aliphatic carbocycles. The zero-order valence-electron chi connectivity index (χ0n) is 8.53. The summed E-state index contributed by atoms with van der Waals surface area (Å²) in [6.45, 7) is 4.91. The molecule has 4 nitrogen and oxygen atoms in total. The van der Waals surface area contributed by atoms with Crippen LogP contribution in [0.15, 0.2) is 0 Å². The van der Waals surface area contributed by atoms with E-state index in [2.05, 4.69) is 16.7 Å². The van der Waals surface area contributed by atoms with Gasteiger partial charge in [0.25, 0.3) is 0 Å². The molecule has 0 aromatic heterocycles. The minimum Gasteiger partial charge on any atom is -0.298 e. The Bertz CT molecular complexity index is 239. The number of likely N-dealkylation sites (tertiary alicyclic amines) is 2. The van der Waals surface area contributed by atoms with Gasteiger partial charge in [0.2, 0.25) is 0 Å². The molecule has 0 atom stereocenters. The van der Waals surface area contributed by atoms with E-state index >= 15 is 0 Å². The summed E-state index contributed by atoms with van der Waals surface area (Å²) in [6, 6.07) is 0. The van der Waals surface area contributed by atoms with Gasteiger partial charge in [-0.25, -0.2) is 0 Å². The van der Waals surface area contributed by atoms with Crippen LogP contribution in [0, 0.1) is 0 Å². The van der Waals surface area contributed by atoms with E-state index in [9.17, 15) is 9.59 Å². The molecular weight excluding hydrogens is 180 g/mol. The average Bonchev–Trinajstić information content (AvgIpc) is 2.73. The first-order valence-corrected chi connectivity index (χ1v) is 5.18. The zero-order valence-corrected chi connectivity index (χ0v) is 8.53. The van der Waals surface area contributed by atoms with Gasteiger partial charge in [0.1, 0.15) is 11.6 Å². The van der Waals surface area contributed by atoms with Gasteiger partial charge < -0.3 is 0 Å². The molecule has 0 aromatic carbocycles. The second kappa shape index (κ2) is 3.79. The van der Waals surface area contributed by atoms with E-state index in [0.717, 1.165) is 13.1 Å². The molecule has 2 aliphatic rings. The number of carbonyl (C=O) groups excluding carboxylic acids is 2. The number of hydrogen-bond donors (Lipinski definition) is 0. The van der Waals surface area contributed by atoms with Crippen molar-refractivity contribution in [2.75, 3.05) is 26.2 Å². The average molecular weight is 196 g/mol. The van der Waals surface area contributed by atoms with Crippen LogP contribution in [0.25, 0.3) is 0 Å². The van der Waals surface area contributed by atoms with E-state index in [4.69, 9.17) is 0 Å². The molecule has 4 heteroatoms. The number of hydrogen-bond acceptors (Lipinski definition) is 4. The summed E-state index contributed by atoms with van der Waals surface area (Å²) >= 11 is 0. The Hall–Kier alpha value is -0.740. The summed E-state index contributed by atoms with van der Waals surface area (Å²) in [7, 11) is 0. The SMILES string of the molecule is CC(N1CCC(=O)C1)N1CCC(=O)C1. The number of nitrogens with zero attached hydrogens (tertiary/aromatic N) is 2. The zero-order chi connectivity index (χ0) is 10.1. The maximum atomic E-state index is 11.1. The van der Waals surface area contributed by atoms with Crippen molar-refractivity contribution >= 4 is 11.6 Å². The Kier molecular flexibility index (Phi) is 2.65. The molecule has 0 aromatic rings. The third kappa shape index (κ3) is 1.86. The second-order valence-corrected chi connectivity index (χ2v) is 4.15. The summed E-state index contributed by atoms with van der Waals surface area (Å²) in [5.41, 5.74) is 0. The van der Waals surface area contributed by atoms with Crippen LogP contribution >= 0.6 is 0 Å². The van der Waals surface area contributed by atoms with E-state index in [0.29, 0.717) is 37.5 Å². The van der Waals surface area contributed by atoms with Crippen LogP contribution in [0.4, 0.5) is 0 Å². The van der Waals surface area contributed by atoms with E-state index in [1.807, 2.05) is 0 Å². The highest BCUT2D eigenvalue weighted by atomic mass is 16.1. The first-order valence-electron chi connectivity index (χ1n) is 5.18. The molecule has 2 saturated heterocycles. The van der Waals surface area contributed by atoms with Gasteiger partial charge in [0, 0.05) is 25.9 Å². The van der Waals surface area contributed by atoms with Crippen LogP contribution in [0.5, 0.6) is 0 Å². The molecule has 78 valence electrons. The van der Waals surface area contributed by atoms with Crippen molar-refractivity contribution in [2.24, 2.45) is 0 Å². The van der Waals surface area contributed by atoms with Crippen LogP contribution in [-0.2, 0) is 9.59 Å². The largest absolute Gasteiger partial charge is 0.298 e. The highest BCUT2D eigenvalue weighted by Gasteiger charge is 2.31. The number of ketones is 2. The topological polar surface area (TPSA) is 40.6 Å². The number of rotatable bonds is 2. The molecule has 0 spiro atoms. The lowest BCUT2D eigenvalue weighted by Crippen LogP contribution is -2.44. The minimum atomic E-state index is 0.243. The molecule has 0 radical (unpaired) electrons. The third-order valence-electron chi connectivity index (χ3n) is 3.17. The maximum absolute atomic E-state index is 11.1. The summed E-state index contributed by atoms with van der Waals surface area (Å²) in [5.74, 6) is 0.643. The van der Waals surface area contributed by atoms with Gasteiger partial charge in [0.15, 0.2) is 0 Å². The fourth-order valence-electron chi connectivity index (χ4n) is 2.17. The highest BCUT2D eigenvalue weighted by Crippen LogP contribution is 2.16. The molecule has 0 bridgehead atoms. The molecule has 2 rings (SSSR count). The molecule has 0 unspecified atom stereocenters. The van der Waals surface area contributed by atoms with Gasteiger partial charge in [-0.15, -0.1) is 0 Å². The van der Waals surface area contributed by atoms with Crippen molar-refractivity contribution < 1.29 is 9.59 Å². The number of carbonyl (C=O) groups is 2. The van der Waals surface area contributed by atoms with E-state index in [1.165, 1.54) is 0 Å². The lowest BCUT2D eigenvalue weighted by molar-refractivity contribution is -0.117. The minimum absolute atomic E-state index is 0.243. The molecular formula is C10H16N2O2. The smallest absolute Gasteiger partial charge is 0.148 e. The Labute approximate surface area is 83.9 Å². The van der Waals surface area contributed by atoms with Crippen LogP contribution in [0.2, 0.25) is 0 Å². The quantitative estimate of drug-likeness (QED) is 0.617. The van der Waals surface area contributed by atoms with Crippen LogP contribution in [0.1, 0.15) is 19.8 Å². The molecule has 2 aliphatic heterocycles. The fourth-order valence-corrected chi connectivity index (χ4v) is 2.17. The summed E-state index contributed by atoms with van der Waals surface area (Å²) in [6.07, 6.45) is 1.59. The lowest BCUT2D eigenvalue weighted by atomic mass is 10.4. The molecule has 2 heterocycles. The van der Waals surface area contributed by atoms with Crippen LogP contribution in [-0.4, -0.2) is 53.7 Å². The van der Waals surface area contributed by atoms with Gasteiger partial charge in [-0.05, 0) is 6.92 Å². The maximum Gasteiger partial charge on any atom is 0.148 e. The molecule has 2 fully saturated rings. The van der Waals surface area contributed by atoms with Crippen LogP contribution < -0.4 is 0 Å². The van der Waals surface area contributed by atoms with Gasteiger partial charge in [-0.1, -0.05) is 0 Å². The molecule has 0 amide bonds. The first-order chi connectivity index (χ1) is 6.66. The molecule has 0 N–H and O–H groups in total. The Morgan fingerprint density at radius 3 is 1.71 bits per heavy atom. The van der Waals surface area contributed by atoms with E-state index in [1.54, 1.807) is 0 Å². The predicted octanol–water partition coefficient (Wildman–Crippen LogP) is -0.118. The Balaban J connectivity index is 1.91. The van der Waals surface area contributed by atoms with Gasteiger partial charge in [-0.2, -0.15) is 0 Å². The lowest BCUT2D eigenvalue weighted by Gasteiger charge is -2.30. The van der Waals surface area contributed by atoms with Crippen LogP contribution in [0.3, 0.4) is 0 Å². The van der Waals surface area contributed by atoms with Crippen molar-refractivity contribution in [2.45, 2.75) is 25.9 Å².